The Kier molecular flexibility index (Phi) is 7.89. The fourth-order valence-electron chi connectivity index (χ4n) is 9.00. The second kappa shape index (κ2) is 13.7. The van der Waals surface area contributed by atoms with Gasteiger partial charge in [0.05, 0.1) is 11.4 Å². The van der Waals surface area contributed by atoms with Crippen LogP contribution in [-0.4, -0.2) is 0 Å². The van der Waals surface area contributed by atoms with Crippen LogP contribution in [0.4, 0.5) is 17.1 Å². The third kappa shape index (κ3) is 5.55. The summed E-state index contributed by atoms with van der Waals surface area (Å²) in [5.74, 6) is 0. The van der Waals surface area contributed by atoms with Gasteiger partial charge in [-0.3, -0.25) is 0 Å². The number of fused-ring (bicyclic) bond motifs is 8. The molecule has 1 heteroatoms. The Morgan fingerprint density at radius 1 is 0.228 bits per heavy atom. The summed E-state index contributed by atoms with van der Waals surface area (Å²) in [5.41, 5.74) is 10.6. The molecule has 0 amide bonds. The highest BCUT2D eigenvalue weighted by Gasteiger charge is 2.22. The lowest BCUT2D eigenvalue weighted by molar-refractivity contribution is 1.30. The zero-order valence-electron chi connectivity index (χ0n) is 31.3. The summed E-state index contributed by atoms with van der Waals surface area (Å²) in [4.78, 5) is 2.45. The van der Waals surface area contributed by atoms with Crippen LogP contribution in [0, 0.1) is 0 Å². The summed E-state index contributed by atoms with van der Waals surface area (Å²) in [5, 5.41) is 12.5. The van der Waals surface area contributed by atoms with E-state index in [1.165, 1.54) is 76.1 Å². The van der Waals surface area contributed by atoms with E-state index in [9.17, 15) is 0 Å². The molecule has 0 aliphatic rings. The zero-order valence-corrected chi connectivity index (χ0v) is 31.3. The third-order valence-corrected chi connectivity index (χ3v) is 11.6. The van der Waals surface area contributed by atoms with Gasteiger partial charge in [-0.1, -0.05) is 188 Å². The van der Waals surface area contributed by atoms with Gasteiger partial charge in [0.1, 0.15) is 0 Å². The molecule has 0 aliphatic heterocycles. The van der Waals surface area contributed by atoms with E-state index in [-0.39, 0.29) is 0 Å². The molecule has 0 heterocycles. The normalized spacial score (nSPS) is 11.5. The molecule has 0 N–H and O–H groups in total. The van der Waals surface area contributed by atoms with Crippen LogP contribution >= 0.6 is 0 Å². The highest BCUT2D eigenvalue weighted by Crippen LogP contribution is 2.47. The van der Waals surface area contributed by atoms with Crippen molar-refractivity contribution in [2.24, 2.45) is 0 Å². The van der Waals surface area contributed by atoms with E-state index in [0.29, 0.717) is 0 Å². The van der Waals surface area contributed by atoms with Crippen molar-refractivity contribution in [3.63, 3.8) is 0 Å². The van der Waals surface area contributed by atoms with Crippen molar-refractivity contribution in [3.8, 4) is 33.4 Å². The summed E-state index contributed by atoms with van der Waals surface area (Å²) in [6, 6.07) is 82.1. The molecule has 11 aromatic carbocycles. The molecule has 57 heavy (non-hydrogen) atoms. The summed E-state index contributed by atoms with van der Waals surface area (Å²) in [7, 11) is 0. The predicted octanol–water partition coefficient (Wildman–Crippen LogP) is 15.9. The highest BCUT2D eigenvalue weighted by molar-refractivity contribution is 6.22. The predicted molar refractivity (Wildman–Crippen MR) is 245 cm³/mol. The van der Waals surface area contributed by atoms with Crippen molar-refractivity contribution in [1.29, 1.82) is 0 Å². The Morgan fingerprint density at radius 2 is 0.789 bits per heavy atom. The van der Waals surface area contributed by atoms with Crippen molar-refractivity contribution in [3.05, 3.63) is 224 Å². The molecule has 266 valence electrons. The molecular formula is C56H37N. The molecule has 0 unspecified atom stereocenters. The first-order valence-corrected chi connectivity index (χ1v) is 19.7. The van der Waals surface area contributed by atoms with Gasteiger partial charge in [0, 0.05) is 16.6 Å². The smallest absolute Gasteiger partial charge is 0.0546 e. The van der Waals surface area contributed by atoms with Gasteiger partial charge >= 0.3 is 0 Å². The molecule has 0 saturated heterocycles. The second-order valence-corrected chi connectivity index (χ2v) is 14.8. The van der Waals surface area contributed by atoms with Crippen molar-refractivity contribution in [2.45, 2.75) is 0 Å². The number of hydrogen-bond donors (Lipinski definition) is 0. The molecule has 0 fully saturated rings. The van der Waals surface area contributed by atoms with E-state index >= 15 is 0 Å². The number of benzene rings is 11. The van der Waals surface area contributed by atoms with Crippen molar-refractivity contribution >= 4 is 70.9 Å². The van der Waals surface area contributed by atoms with E-state index in [2.05, 4.69) is 229 Å². The van der Waals surface area contributed by atoms with Crippen LogP contribution in [-0.2, 0) is 0 Å². The van der Waals surface area contributed by atoms with Gasteiger partial charge in [0.25, 0.3) is 0 Å². The molecular weight excluding hydrogens is 687 g/mol. The first-order chi connectivity index (χ1) is 28.3. The minimum absolute atomic E-state index is 1.11. The average molecular weight is 724 g/mol. The minimum Gasteiger partial charge on any atom is -0.309 e. The van der Waals surface area contributed by atoms with E-state index in [0.717, 1.165) is 28.2 Å². The monoisotopic (exact) mass is 723 g/mol. The minimum atomic E-state index is 1.11. The third-order valence-electron chi connectivity index (χ3n) is 11.6. The van der Waals surface area contributed by atoms with Crippen molar-refractivity contribution in [2.75, 3.05) is 4.90 Å². The molecule has 0 aliphatic carbocycles. The first kappa shape index (κ1) is 32.9. The molecule has 11 aromatic rings. The molecule has 0 aromatic heterocycles. The van der Waals surface area contributed by atoms with Crippen LogP contribution in [0.5, 0.6) is 0 Å². The van der Waals surface area contributed by atoms with E-state index in [4.69, 9.17) is 0 Å². The fraction of sp³-hybridized carbons (Fsp3) is 0. The number of rotatable bonds is 6. The van der Waals surface area contributed by atoms with Gasteiger partial charge in [-0.2, -0.15) is 0 Å². The number of anilines is 3. The largest absolute Gasteiger partial charge is 0.309 e. The van der Waals surface area contributed by atoms with Crippen LogP contribution < -0.4 is 4.90 Å². The lowest BCUT2D eigenvalue weighted by atomic mass is 9.86. The van der Waals surface area contributed by atoms with Gasteiger partial charge in [-0.15, -0.1) is 0 Å². The van der Waals surface area contributed by atoms with Gasteiger partial charge in [-0.05, 0) is 113 Å². The topological polar surface area (TPSA) is 3.24 Å². The Bertz CT molecular complexity index is 3290. The standard InChI is InChI=1S/C56H37N/c1-3-17-38(18-4-1)52-35-41(32-34-50(52)54-37-53-43-23-9-7-19-39(43)31-33-49(53)47-27-11-12-28-48(47)54)45-25-15-16-30-55(45)57(42-21-5-2-6-22-42)56-36-40-20-8-10-24-44(40)46-26-13-14-29-51(46)56/h1-37H. The van der Waals surface area contributed by atoms with Crippen LogP contribution in [0.15, 0.2) is 224 Å². The lowest BCUT2D eigenvalue weighted by Gasteiger charge is -2.29. The summed E-state index contributed by atoms with van der Waals surface area (Å²) in [6.45, 7) is 0. The highest BCUT2D eigenvalue weighted by atomic mass is 15.1. The average Bonchev–Trinajstić information content (AvgIpc) is 3.29. The van der Waals surface area contributed by atoms with Gasteiger partial charge < -0.3 is 4.90 Å². The second-order valence-electron chi connectivity index (χ2n) is 14.8. The summed E-state index contributed by atoms with van der Waals surface area (Å²) in [6.07, 6.45) is 0. The maximum Gasteiger partial charge on any atom is 0.0546 e. The first-order valence-electron chi connectivity index (χ1n) is 19.7. The molecule has 1 nitrogen and oxygen atoms in total. The number of para-hydroxylation sites is 2. The van der Waals surface area contributed by atoms with E-state index in [1.54, 1.807) is 0 Å². The van der Waals surface area contributed by atoms with Gasteiger partial charge in [0.2, 0.25) is 0 Å². The molecule has 0 spiro atoms. The maximum absolute atomic E-state index is 2.45. The molecule has 0 radical (unpaired) electrons. The van der Waals surface area contributed by atoms with Crippen molar-refractivity contribution in [1.82, 2.24) is 0 Å². The number of hydrogen-bond acceptors (Lipinski definition) is 1. The van der Waals surface area contributed by atoms with E-state index in [1.807, 2.05) is 0 Å². The fourth-order valence-corrected chi connectivity index (χ4v) is 9.00. The Labute approximate surface area is 332 Å². The molecule has 11 rings (SSSR count). The number of nitrogens with zero attached hydrogens (tertiary/aromatic N) is 1. The van der Waals surface area contributed by atoms with Crippen LogP contribution in [0.3, 0.4) is 0 Å². The summed E-state index contributed by atoms with van der Waals surface area (Å²) >= 11 is 0. The van der Waals surface area contributed by atoms with Gasteiger partial charge in [-0.25, -0.2) is 0 Å². The lowest BCUT2D eigenvalue weighted by Crippen LogP contribution is -2.12. The van der Waals surface area contributed by atoms with Gasteiger partial charge in [0.15, 0.2) is 0 Å². The van der Waals surface area contributed by atoms with Crippen LogP contribution in [0.1, 0.15) is 0 Å². The SMILES string of the molecule is c1ccc(-c2cc(-c3ccccc3N(c3ccccc3)c3cc4ccccc4c4ccccc34)ccc2-c2cc3c4ccccc4ccc3c3ccccc23)cc1. The zero-order chi connectivity index (χ0) is 37.7. The van der Waals surface area contributed by atoms with Crippen LogP contribution in [0.25, 0.3) is 87.2 Å². The van der Waals surface area contributed by atoms with E-state index < -0.39 is 0 Å². The van der Waals surface area contributed by atoms with Crippen molar-refractivity contribution < 1.29 is 0 Å². The summed E-state index contributed by atoms with van der Waals surface area (Å²) < 4.78 is 0. The Balaban J connectivity index is 1.17. The van der Waals surface area contributed by atoms with Crippen LogP contribution in [0.2, 0.25) is 0 Å². The molecule has 0 saturated carbocycles. The maximum atomic E-state index is 2.45. The molecule has 0 bridgehead atoms. The quantitative estimate of drug-likeness (QED) is 0.154. The molecule has 0 atom stereocenters. The Morgan fingerprint density at radius 3 is 1.56 bits per heavy atom. The Hall–Kier alpha value is -7.48.